The predicted octanol–water partition coefficient (Wildman–Crippen LogP) is 4.50. The number of piperidine rings is 1. The van der Waals surface area contributed by atoms with E-state index in [0.29, 0.717) is 19.6 Å². The summed E-state index contributed by atoms with van der Waals surface area (Å²) in [5.74, 6) is 0.272. The van der Waals surface area contributed by atoms with Crippen molar-refractivity contribution in [1.82, 2.24) is 4.90 Å². The highest BCUT2D eigenvalue weighted by atomic mass is 16.2. The smallest absolute Gasteiger partial charge is 0.230 e. The molecule has 0 N–H and O–H groups in total. The molecule has 4 nitrogen and oxygen atoms in total. The van der Waals surface area contributed by atoms with Crippen LogP contribution in [0, 0.1) is 11.3 Å². The van der Waals surface area contributed by atoms with Crippen LogP contribution >= 0.6 is 0 Å². The Morgan fingerprint density at radius 3 is 2.00 bits per heavy atom. The first-order chi connectivity index (χ1) is 13.4. The zero-order chi connectivity index (χ0) is 20.1. The van der Waals surface area contributed by atoms with Crippen molar-refractivity contribution in [3.8, 4) is 0 Å². The Bertz CT molecular complexity index is 788. The Morgan fingerprint density at radius 1 is 0.929 bits per heavy atom. The number of likely N-dealkylation sites (tertiary alicyclic amines) is 1. The van der Waals surface area contributed by atoms with Crippen LogP contribution < -0.4 is 4.90 Å². The summed E-state index contributed by atoms with van der Waals surface area (Å²) < 4.78 is 0. The van der Waals surface area contributed by atoms with Gasteiger partial charge >= 0.3 is 0 Å². The molecule has 0 radical (unpaired) electrons. The maximum Gasteiger partial charge on any atom is 0.230 e. The van der Waals surface area contributed by atoms with Gasteiger partial charge in [0.15, 0.2) is 0 Å². The van der Waals surface area contributed by atoms with Crippen molar-refractivity contribution in [2.75, 3.05) is 18.0 Å². The van der Waals surface area contributed by atoms with Gasteiger partial charge in [-0.15, -0.1) is 0 Å². The molecule has 4 heteroatoms. The number of para-hydroxylation sites is 1. The number of benzene rings is 2. The molecule has 2 aromatic carbocycles. The molecule has 1 aliphatic rings. The van der Waals surface area contributed by atoms with Crippen molar-refractivity contribution >= 4 is 17.5 Å². The van der Waals surface area contributed by atoms with Gasteiger partial charge in [0.2, 0.25) is 11.8 Å². The van der Waals surface area contributed by atoms with E-state index in [9.17, 15) is 9.59 Å². The number of carbonyl (C=O) groups is 2. The molecule has 1 heterocycles. The molecule has 2 amide bonds. The van der Waals surface area contributed by atoms with Gasteiger partial charge in [0.25, 0.3) is 0 Å². The maximum absolute atomic E-state index is 13.4. The van der Waals surface area contributed by atoms with Crippen LogP contribution in [-0.2, 0) is 16.1 Å². The summed E-state index contributed by atoms with van der Waals surface area (Å²) in [5.41, 5.74) is 1.66. The molecule has 3 rings (SSSR count). The van der Waals surface area contributed by atoms with Crippen LogP contribution in [-0.4, -0.2) is 29.8 Å². The lowest BCUT2D eigenvalue weighted by Gasteiger charge is -2.37. The number of anilines is 1. The molecule has 0 saturated carbocycles. The lowest BCUT2D eigenvalue weighted by Crippen LogP contribution is -2.47. The Morgan fingerprint density at radius 2 is 1.46 bits per heavy atom. The lowest BCUT2D eigenvalue weighted by atomic mass is 9.90. The normalized spacial score (nSPS) is 15.3. The monoisotopic (exact) mass is 378 g/mol. The van der Waals surface area contributed by atoms with Crippen LogP contribution in [0.5, 0.6) is 0 Å². The third-order valence-corrected chi connectivity index (χ3v) is 5.29. The second-order valence-corrected chi connectivity index (χ2v) is 8.56. The topological polar surface area (TPSA) is 40.6 Å². The molecule has 1 saturated heterocycles. The van der Waals surface area contributed by atoms with Crippen molar-refractivity contribution in [1.29, 1.82) is 0 Å². The summed E-state index contributed by atoms with van der Waals surface area (Å²) in [6.07, 6.45) is 1.44. The standard InChI is InChI=1S/C24H30N2O2/c1-24(2,3)23(28)25-16-14-20(15-17-25)22(27)26(21-12-8-5-9-13-21)18-19-10-6-4-7-11-19/h4-13,20H,14-18H2,1-3H3. The van der Waals surface area contributed by atoms with Gasteiger partial charge in [0, 0.05) is 30.1 Å². The second kappa shape index (κ2) is 8.59. The molecular formula is C24H30N2O2. The molecule has 1 fully saturated rings. The number of rotatable bonds is 4. The van der Waals surface area contributed by atoms with Crippen molar-refractivity contribution in [2.24, 2.45) is 11.3 Å². The van der Waals surface area contributed by atoms with Crippen molar-refractivity contribution < 1.29 is 9.59 Å². The van der Waals surface area contributed by atoms with E-state index in [-0.39, 0.29) is 23.1 Å². The average Bonchev–Trinajstić information content (AvgIpc) is 2.72. The minimum absolute atomic E-state index is 0.0482. The molecule has 2 aromatic rings. The third-order valence-electron chi connectivity index (χ3n) is 5.29. The van der Waals surface area contributed by atoms with Gasteiger partial charge < -0.3 is 9.80 Å². The molecular weight excluding hydrogens is 348 g/mol. The Kier molecular flexibility index (Phi) is 6.18. The summed E-state index contributed by atoms with van der Waals surface area (Å²) in [6, 6.07) is 19.9. The van der Waals surface area contributed by atoms with E-state index in [1.807, 2.05) is 91.2 Å². The molecule has 0 spiro atoms. The highest BCUT2D eigenvalue weighted by Crippen LogP contribution is 2.27. The molecule has 28 heavy (non-hydrogen) atoms. The molecule has 148 valence electrons. The molecule has 0 aliphatic carbocycles. The summed E-state index contributed by atoms with van der Waals surface area (Å²) in [5, 5.41) is 0. The molecule has 0 aromatic heterocycles. The minimum atomic E-state index is -0.375. The molecule has 1 aliphatic heterocycles. The van der Waals surface area contributed by atoms with Crippen molar-refractivity contribution in [3.63, 3.8) is 0 Å². The summed E-state index contributed by atoms with van der Waals surface area (Å²) in [4.78, 5) is 29.7. The van der Waals surface area contributed by atoms with Crippen molar-refractivity contribution in [2.45, 2.75) is 40.2 Å². The fourth-order valence-corrected chi connectivity index (χ4v) is 3.69. The van der Waals surface area contributed by atoms with Gasteiger partial charge in [0.1, 0.15) is 0 Å². The van der Waals surface area contributed by atoms with Crippen LogP contribution in [0.2, 0.25) is 0 Å². The van der Waals surface area contributed by atoms with Crippen LogP contribution in [0.15, 0.2) is 60.7 Å². The third kappa shape index (κ3) is 4.80. The first-order valence-electron chi connectivity index (χ1n) is 10.1. The first-order valence-corrected chi connectivity index (χ1v) is 10.1. The number of amides is 2. The highest BCUT2D eigenvalue weighted by molar-refractivity contribution is 5.95. The largest absolute Gasteiger partial charge is 0.342 e. The fourth-order valence-electron chi connectivity index (χ4n) is 3.69. The van der Waals surface area contributed by atoms with E-state index in [1.54, 1.807) is 0 Å². The number of hydrogen-bond donors (Lipinski definition) is 0. The van der Waals surface area contributed by atoms with Crippen LogP contribution in [0.4, 0.5) is 5.69 Å². The summed E-state index contributed by atoms with van der Waals surface area (Å²) >= 11 is 0. The van der Waals surface area contributed by atoms with Gasteiger partial charge in [-0.2, -0.15) is 0 Å². The average molecular weight is 379 g/mol. The van der Waals surface area contributed by atoms with E-state index >= 15 is 0 Å². The second-order valence-electron chi connectivity index (χ2n) is 8.56. The van der Waals surface area contributed by atoms with E-state index < -0.39 is 0 Å². The van der Waals surface area contributed by atoms with E-state index in [0.717, 1.165) is 24.1 Å². The highest BCUT2D eigenvalue weighted by Gasteiger charge is 2.34. The van der Waals surface area contributed by atoms with Gasteiger partial charge in [-0.05, 0) is 30.5 Å². The fraction of sp³-hybridized carbons (Fsp3) is 0.417. The van der Waals surface area contributed by atoms with E-state index in [2.05, 4.69) is 0 Å². The number of nitrogens with zero attached hydrogens (tertiary/aromatic N) is 2. The SMILES string of the molecule is CC(C)(C)C(=O)N1CCC(C(=O)N(Cc2ccccc2)c2ccccc2)CC1. The van der Waals surface area contributed by atoms with Gasteiger partial charge in [-0.1, -0.05) is 69.3 Å². The van der Waals surface area contributed by atoms with Gasteiger partial charge in [-0.25, -0.2) is 0 Å². The first kappa shape index (κ1) is 20.1. The van der Waals surface area contributed by atoms with Crippen LogP contribution in [0.3, 0.4) is 0 Å². The quantitative estimate of drug-likeness (QED) is 0.786. The lowest BCUT2D eigenvalue weighted by molar-refractivity contribution is -0.142. The van der Waals surface area contributed by atoms with Crippen LogP contribution in [0.25, 0.3) is 0 Å². The zero-order valence-corrected chi connectivity index (χ0v) is 17.1. The molecule has 0 unspecified atom stereocenters. The Hall–Kier alpha value is -2.62. The van der Waals surface area contributed by atoms with E-state index in [1.165, 1.54) is 0 Å². The zero-order valence-electron chi connectivity index (χ0n) is 17.1. The Balaban J connectivity index is 1.73. The minimum Gasteiger partial charge on any atom is -0.342 e. The maximum atomic E-state index is 13.4. The summed E-state index contributed by atoms with van der Waals surface area (Å²) in [7, 11) is 0. The number of hydrogen-bond acceptors (Lipinski definition) is 2. The van der Waals surface area contributed by atoms with E-state index in [4.69, 9.17) is 0 Å². The van der Waals surface area contributed by atoms with Gasteiger partial charge in [-0.3, -0.25) is 9.59 Å². The number of carbonyl (C=O) groups excluding carboxylic acids is 2. The van der Waals surface area contributed by atoms with Crippen LogP contribution in [0.1, 0.15) is 39.2 Å². The predicted molar refractivity (Wildman–Crippen MR) is 113 cm³/mol. The van der Waals surface area contributed by atoms with Crippen molar-refractivity contribution in [3.05, 3.63) is 66.2 Å². The summed E-state index contributed by atoms with van der Waals surface area (Å²) in [6.45, 7) is 7.71. The molecule has 0 atom stereocenters. The van der Waals surface area contributed by atoms with Gasteiger partial charge in [0.05, 0.1) is 6.54 Å². The molecule has 0 bridgehead atoms. The Labute approximate surface area is 168 Å².